The Morgan fingerprint density at radius 2 is 1.89 bits per heavy atom. The van der Waals surface area contributed by atoms with Crippen molar-refractivity contribution in [2.24, 2.45) is 0 Å². The van der Waals surface area contributed by atoms with Gasteiger partial charge in [0.05, 0.1) is 10.5 Å². The first-order chi connectivity index (χ1) is 8.33. The summed E-state index contributed by atoms with van der Waals surface area (Å²) in [5.41, 5.74) is -1.10. The second-order valence-electron chi connectivity index (χ2n) is 4.12. The number of rotatable bonds is 2. The summed E-state index contributed by atoms with van der Waals surface area (Å²) < 4.78 is 62.6. The van der Waals surface area contributed by atoms with E-state index in [2.05, 4.69) is 5.32 Å². The highest BCUT2D eigenvalue weighted by molar-refractivity contribution is 7.92. The van der Waals surface area contributed by atoms with Gasteiger partial charge in [-0.3, -0.25) is 0 Å². The third-order valence-electron chi connectivity index (χ3n) is 2.89. The van der Waals surface area contributed by atoms with Crippen LogP contribution >= 0.6 is 0 Å². The molecule has 18 heavy (non-hydrogen) atoms. The van der Waals surface area contributed by atoms with E-state index in [1.54, 1.807) is 0 Å². The fraction of sp³-hybridized carbons (Fsp3) is 0.455. The maximum Gasteiger partial charge on any atom is 0.417 e. The Morgan fingerprint density at radius 3 is 2.44 bits per heavy atom. The second-order valence-corrected chi connectivity index (χ2v) is 6.22. The van der Waals surface area contributed by atoms with E-state index in [-0.39, 0.29) is 0 Å². The van der Waals surface area contributed by atoms with Crippen LogP contribution < -0.4 is 5.32 Å². The first-order valence-electron chi connectivity index (χ1n) is 5.47. The van der Waals surface area contributed by atoms with Crippen LogP contribution in [0.4, 0.5) is 13.2 Å². The molecule has 1 aromatic rings. The number of sulfone groups is 1. The lowest BCUT2D eigenvalue weighted by Crippen LogP contribution is -2.32. The van der Waals surface area contributed by atoms with Gasteiger partial charge in [-0.1, -0.05) is 12.1 Å². The predicted octanol–water partition coefficient (Wildman–Crippen LogP) is 2.19. The Balaban J connectivity index is 2.51. The van der Waals surface area contributed by atoms with Gasteiger partial charge in [0.15, 0.2) is 9.84 Å². The minimum absolute atomic E-state index is 0.342. The van der Waals surface area contributed by atoms with Gasteiger partial charge in [0.25, 0.3) is 0 Å². The first-order valence-corrected chi connectivity index (χ1v) is 7.01. The van der Waals surface area contributed by atoms with Crippen molar-refractivity contribution in [1.29, 1.82) is 0 Å². The number of alkyl halides is 3. The molecule has 0 amide bonds. The molecule has 0 radical (unpaired) electrons. The molecule has 2 rings (SSSR count). The molecule has 3 nitrogen and oxygen atoms in total. The molecule has 0 aliphatic carbocycles. The normalized spacial score (nSPS) is 21.2. The molecule has 0 unspecified atom stereocenters. The molecule has 1 aromatic carbocycles. The fourth-order valence-electron chi connectivity index (χ4n) is 2.02. The highest BCUT2D eigenvalue weighted by atomic mass is 32.2. The topological polar surface area (TPSA) is 46.2 Å². The van der Waals surface area contributed by atoms with Crippen LogP contribution in [0.2, 0.25) is 0 Å². The highest BCUT2D eigenvalue weighted by Gasteiger charge is 2.40. The molecule has 7 heteroatoms. The van der Waals surface area contributed by atoms with E-state index in [4.69, 9.17) is 0 Å². The standard InChI is InChI=1S/C11H12F3NO2S/c12-11(13,14)8-4-1-2-5-9(8)18(16,17)10-6-3-7-15-10/h1-2,4-5,10,15H,3,6-7H2/t10-/m1/s1. The Kier molecular flexibility index (Phi) is 3.37. The summed E-state index contributed by atoms with van der Waals surface area (Å²) in [6, 6.07) is 4.29. The van der Waals surface area contributed by atoms with Gasteiger partial charge in [-0.15, -0.1) is 0 Å². The number of hydrogen-bond donors (Lipinski definition) is 1. The zero-order chi connectivity index (χ0) is 13.4. The number of halogens is 3. The molecule has 0 aromatic heterocycles. The molecule has 0 spiro atoms. The van der Waals surface area contributed by atoms with E-state index in [1.165, 1.54) is 12.1 Å². The second kappa shape index (κ2) is 4.55. The molecule has 1 atom stereocenters. The summed E-state index contributed by atoms with van der Waals surface area (Å²) in [5, 5.41) is 1.80. The van der Waals surface area contributed by atoms with Gasteiger partial charge in [-0.2, -0.15) is 13.2 Å². The third-order valence-corrected chi connectivity index (χ3v) is 5.01. The van der Waals surface area contributed by atoms with E-state index in [0.29, 0.717) is 19.4 Å². The Bertz CT molecular complexity index is 533. The van der Waals surface area contributed by atoms with Crippen molar-refractivity contribution in [3.05, 3.63) is 29.8 Å². The van der Waals surface area contributed by atoms with Crippen molar-refractivity contribution in [3.8, 4) is 0 Å². The minimum Gasteiger partial charge on any atom is -0.301 e. The number of nitrogens with one attached hydrogen (secondary N) is 1. The Hall–Kier alpha value is -1.08. The van der Waals surface area contributed by atoms with Crippen LogP contribution in [0.5, 0.6) is 0 Å². The van der Waals surface area contributed by atoms with Gasteiger partial charge in [-0.05, 0) is 31.5 Å². The SMILES string of the molecule is O=S(=O)(c1ccccc1C(F)(F)F)[C@@H]1CCCN1. The highest BCUT2D eigenvalue weighted by Crippen LogP contribution is 2.35. The van der Waals surface area contributed by atoms with Crippen LogP contribution in [-0.4, -0.2) is 20.3 Å². The van der Waals surface area contributed by atoms with Crippen LogP contribution in [0.3, 0.4) is 0 Å². The summed E-state index contributed by atoms with van der Waals surface area (Å²) in [4.78, 5) is -0.642. The van der Waals surface area contributed by atoms with Crippen LogP contribution in [0.1, 0.15) is 18.4 Å². The first kappa shape index (κ1) is 13.4. The van der Waals surface area contributed by atoms with Crippen molar-refractivity contribution in [1.82, 2.24) is 5.32 Å². The number of benzene rings is 1. The molecule has 100 valence electrons. The van der Waals surface area contributed by atoms with Gasteiger partial charge >= 0.3 is 6.18 Å². The molecule has 1 heterocycles. The van der Waals surface area contributed by atoms with E-state index in [1.807, 2.05) is 0 Å². The van der Waals surface area contributed by atoms with Crippen molar-refractivity contribution in [2.75, 3.05) is 6.54 Å². The van der Waals surface area contributed by atoms with Gasteiger partial charge < -0.3 is 5.32 Å². The average molecular weight is 279 g/mol. The van der Waals surface area contributed by atoms with E-state index in [0.717, 1.165) is 12.1 Å². The smallest absolute Gasteiger partial charge is 0.301 e. The molecular weight excluding hydrogens is 267 g/mol. The van der Waals surface area contributed by atoms with E-state index < -0.39 is 31.8 Å². The molecule has 1 aliphatic rings. The van der Waals surface area contributed by atoms with Crippen molar-refractivity contribution in [3.63, 3.8) is 0 Å². The average Bonchev–Trinajstić information content (AvgIpc) is 2.82. The molecule has 0 saturated carbocycles. The van der Waals surface area contributed by atoms with Crippen molar-refractivity contribution in [2.45, 2.75) is 29.3 Å². The van der Waals surface area contributed by atoms with Gasteiger partial charge in [0.2, 0.25) is 0 Å². The lowest BCUT2D eigenvalue weighted by molar-refractivity contribution is -0.139. The summed E-state index contributed by atoms with van der Waals surface area (Å²) in [6.07, 6.45) is -3.67. The van der Waals surface area contributed by atoms with Gasteiger partial charge in [-0.25, -0.2) is 8.42 Å². The monoisotopic (exact) mass is 279 g/mol. The largest absolute Gasteiger partial charge is 0.417 e. The zero-order valence-electron chi connectivity index (χ0n) is 9.37. The predicted molar refractivity (Wildman–Crippen MR) is 59.7 cm³/mol. The molecular formula is C11H12F3NO2S. The number of hydrogen-bond acceptors (Lipinski definition) is 3. The molecule has 0 bridgehead atoms. The maximum absolute atomic E-state index is 12.8. The Morgan fingerprint density at radius 1 is 1.22 bits per heavy atom. The van der Waals surface area contributed by atoms with Crippen LogP contribution in [0, 0.1) is 0 Å². The van der Waals surface area contributed by atoms with Crippen LogP contribution in [0.25, 0.3) is 0 Å². The lowest BCUT2D eigenvalue weighted by atomic mass is 10.2. The molecule has 1 fully saturated rings. The minimum atomic E-state index is -4.66. The quantitative estimate of drug-likeness (QED) is 0.902. The van der Waals surface area contributed by atoms with Crippen molar-refractivity contribution >= 4 is 9.84 Å². The van der Waals surface area contributed by atoms with Gasteiger partial charge in [0.1, 0.15) is 5.37 Å². The summed E-state index contributed by atoms with van der Waals surface area (Å²) in [6.45, 7) is 0.512. The van der Waals surface area contributed by atoms with E-state index >= 15 is 0 Å². The van der Waals surface area contributed by atoms with E-state index in [9.17, 15) is 21.6 Å². The fourth-order valence-corrected chi connectivity index (χ4v) is 3.90. The summed E-state index contributed by atoms with van der Waals surface area (Å²) in [7, 11) is -3.98. The lowest BCUT2D eigenvalue weighted by Gasteiger charge is -2.16. The maximum atomic E-state index is 12.8. The van der Waals surface area contributed by atoms with Crippen LogP contribution in [0.15, 0.2) is 29.2 Å². The molecule has 1 aliphatic heterocycles. The zero-order valence-corrected chi connectivity index (χ0v) is 10.2. The summed E-state index contributed by atoms with van der Waals surface area (Å²) >= 11 is 0. The molecule has 1 saturated heterocycles. The summed E-state index contributed by atoms with van der Waals surface area (Å²) in [5.74, 6) is 0. The Labute approximate surface area is 103 Å². The molecule has 1 N–H and O–H groups in total. The van der Waals surface area contributed by atoms with Crippen molar-refractivity contribution < 1.29 is 21.6 Å². The third kappa shape index (κ3) is 2.37. The van der Waals surface area contributed by atoms with Gasteiger partial charge in [0, 0.05) is 0 Å². The van der Waals surface area contributed by atoms with Crippen LogP contribution in [-0.2, 0) is 16.0 Å².